The van der Waals surface area contributed by atoms with Crippen LogP contribution in [0.25, 0.3) is 11.0 Å². The van der Waals surface area contributed by atoms with Crippen molar-refractivity contribution in [2.75, 3.05) is 0 Å². The molecule has 0 fully saturated rings. The van der Waals surface area contributed by atoms with Gasteiger partial charge in [0, 0.05) is 17.1 Å². The highest BCUT2D eigenvalue weighted by Crippen LogP contribution is 2.23. The van der Waals surface area contributed by atoms with Crippen LogP contribution in [0.3, 0.4) is 0 Å². The van der Waals surface area contributed by atoms with E-state index >= 15 is 0 Å². The molecule has 0 aliphatic rings. The second kappa shape index (κ2) is 8.61. The topological polar surface area (TPSA) is 61.6 Å². The molecule has 0 N–H and O–H groups in total. The Morgan fingerprint density at radius 2 is 1.90 bits per heavy atom. The Labute approximate surface area is 168 Å². The molecule has 0 saturated carbocycles. The molecule has 0 aliphatic carbocycles. The molecule has 0 amide bonds. The predicted octanol–water partition coefficient (Wildman–Crippen LogP) is 5.00. The summed E-state index contributed by atoms with van der Waals surface area (Å²) in [4.78, 5) is 16.4. The molecule has 0 unspecified atom stereocenters. The highest BCUT2D eigenvalue weighted by Gasteiger charge is 2.12. The minimum atomic E-state index is -0.288. The van der Waals surface area contributed by atoms with E-state index in [4.69, 9.17) is 13.9 Å². The van der Waals surface area contributed by atoms with Gasteiger partial charge in [-0.1, -0.05) is 30.3 Å². The number of carbonyl (C=O) groups is 1. The number of aromatic nitrogens is 1. The van der Waals surface area contributed by atoms with Gasteiger partial charge in [-0.15, -0.1) is 0 Å². The van der Waals surface area contributed by atoms with Crippen molar-refractivity contribution in [2.45, 2.75) is 26.6 Å². The van der Waals surface area contributed by atoms with E-state index in [1.165, 1.54) is 0 Å². The largest absolute Gasteiger partial charge is 0.487 e. The number of ether oxygens (including phenoxy) is 2. The van der Waals surface area contributed by atoms with Crippen LogP contribution in [0, 0.1) is 6.92 Å². The molecule has 0 spiro atoms. The van der Waals surface area contributed by atoms with Crippen LogP contribution >= 0.6 is 0 Å². The number of hydrogen-bond donors (Lipinski definition) is 0. The molecular weight excluding hydrogens is 366 g/mol. The third kappa shape index (κ3) is 4.82. The minimum absolute atomic E-state index is 0.182. The van der Waals surface area contributed by atoms with Gasteiger partial charge in [0.25, 0.3) is 0 Å². The van der Waals surface area contributed by atoms with Gasteiger partial charge in [-0.25, -0.2) is 0 Å². The Hall–Kier alpha value is -3.60. The van der Waals surface area contributed by atoms with Crippen LogP contribution in [0.4, 0.5) is 0 Å². The molecule has 29 heavy (non-hydrogen) atoms. The van der Waals surface area contributed by atoms with Crippen molar-refractivity contribution in [1.29, 1.82) is 0 Å². The maximum atomic E-state index is 12.2. The zero-order valence-corrected chi connectivity index (χ0v) is 16.1. The zero-order chi connectivity index (χ0) is 20.1. The Morgan fingerprint density at radius 3 is 2.69 bits per heavy atom. The Bertz CT molecular complexity index is 1100. The van der Waals surface area contributed by atoms with E-state index in [0.29, 0.717) is 6.61 Å². The smallest absolute Gasteiger partial charge is 0.310 e. The Kier molecular flexibility index (Phi) is 5.56. The van der Waals surface area contributed by atoms with E-state index in [9.17, 15) is 4.79 Å². The van der Waals surface area contributed by atoms with Crippen LogP contribution in [0.2, 0.25) is 0 Å². The molecule has 4 aromatic rings. The van der Waals surface area contributed by atoms with Gasteiger partial charge < -0.3 is 13.9 Å². The lowest BCUT2D eigenvalue weighted by molar-refractivity contribution is -0.144. The number of furan rings is 1. The molecule has 4 rings (SSSR count). The Balaban J connectivity index is 1.28. The number of fused-ring (bicyclic) bond motifs is 1. The van der Waals surface area contributed by atoms with Crippen LogP contribution in [0.1, 0.15) is 22.4 Å². The van der Waals surface area contributed by atoms with Gasteiger partial charge in [-0.05, 0) is 48.4 Å². The fourth-order valence-electron chi connectivity index (χ4n) is 3.02. The zero-order valence-electron chi connectivity index (χ0n) is 16.1. The Morgan fingerprint density at radius 1 is 1.03 bits per heavy atom. The molecule has 5 nitrogen and oxygen atoms in total. The van der Waals surface area contributed by atoms with Gasteiger partial charge in [-0.3, -0.25) is 9.78 Å². The summed E-state index contributed by atoms with van der Waals surface area (Å²) in [5.74, 6) is 0.453. The van der Waals surface area contributed by atoms with Gasteiger partial charge in [-0.2, -0.15) is 0 Å². The summed E-state index contributed by atoms with van der Waals surface area (Å²) in [6.45, 7) is 2.63. The highest BCUT2D eigenvalue weighted by molar-refractivity contribution is 5.86. The van der Waals surface area contributed by atoms with Gasteiger partial charge in [0.05, 0.1) is 18.4 Å². The van der Waals surface area contributed by atoms with Crippen LogP contribution < -0.4 is 4.74 Å². The molecule has 0 atom stereocenters. The normalized spacial score (nSPS) is 10.8. The summed E-state index contributed by atoms with van der Waals surface area (Å²) in [5, 5.41) is 0.946. The first kappa shape index (κ1) is 18.7. The van der Waals surface area contributed by atoms with Crippen LogP contribution in [-0.4, -0.2) is 11.0 Å². The maximum Gasteiger partial charge on any atom is 0.310 e. The molecule has 0 bridgehead atoms. The second-order valence-electron chi connectivity index (χ2n) is 6.85. The minimum Gasteiger partial charge on any atom is -0.487 e. The summed E-state index contributed by atoms with van der Waals surface area (Å²) in [5.41, 5.74) is 4.51. The monoisotopic (exact) mass is 387 g/mol. The number of esters is 1. The fraction of sp³-hybridized carbons (Fsp3) is 0.167. The van der Waals surface area contributed by atoms with Crippen molar-refractivity contribution in [3.63, 3.8) is 0 Å². The summed E-state index contributed by atoms with van der Waals surface area (Å²) >= 11 is 0. The maximum absolute atomic E-state index is 12.2. The summed E-state index contributed by atoms with van der Waals surface area (Å²) < 4.78 is 16.7. The molecule has 0 aliphatic heterocycles. The molecular formula is C24H21NO4. The molecule has 2 heterocycles. The van der Waals surface area contributed by atoms with Crippen molar-refractivity contribution in [3.05, 3.63) is 95.5 Å². The van der Waals surface area contributed by atoms with E-state index < -0.39 is 0 Å². The van der Waals surface area contributed by atoms with Crippen molar-refractivity contribution < 1.29 is 18.7 Å². The van der Waals surface area contributed by atoms with Gasteiger partial charge >= 0.3 is 5.97 Å². The molecule has 2 aromatic heterocycles. The van der Waals surface area contributed by atoms with Crippen molar-refractivity contribution in [3.8, 4) is 5.75 Å². The number of pyridine rings is 1. The average Bonchev–Trinajstić information content (AvgIpc) is 3.14. The number of carbonyl (C=O) groups excluding carboxylic acids is 1. The van der Waals surface area contributed by atoms with Gasteiger partial charge in [0.15, 0.2) is 0 Å². The third-order valence-corrected chi connectivity index (χ3v) is 4.58. The van der Waals surface area contributed by atoms with Crippen LogP contribution in [-0.2, 0) is 29.2 Å². The molecule has 0 saturated heterocycles. The van der Waals surface area contributed by atoms with Crippen LogP contribution in [0.15, 0.2) is 77.5 Å². The first-order valence-electron chi connectivity index (χ1n) is 9.41. The van der Waals surface area contributed by atoms with Gasteiger partial charge in [0.1, 0.15) is 24.5 Å². The van der Waals surface area contributed by atoms with E-state index in [2.05, 4.69) is 4.98 Å². The van der Waals surface area contributed by atoms with E-state index in [-0.39, 0.29) is 19.0 Å². The van der Waals surface area contributed by atoms with Crippen molar-refractivity contribution in [2.24, 2.45) is 0 Å². The van der Waals surface area contributed by atoms with Crippen LogP contribution in [0.5, 0.6) is 5.75 Å². The number of rotatable bonds is 7. The molecule has 146 valence electrons. The van der Waals surface area contributed by atoms with E-state index in [1.54, 1.807) is 12.5 Å². The SMILES string of the molecule is Cc1ccc2c(CC(=O)OCc3ccc(OCc4ccccn4)cc3)coc2c1. The highest BCUT2D eigenvalue weighted by atomic mass is 16.5. The predicted molar refractivity (Wildman–Crippen MR) is 109 cm³/mol. The first-order valence-corrected chi connectivity index (χ1v) is 9.41. The summed E-state index contributed by atoms with van der Waals surface area (Å²) in [6.07, 6.45) is 3.55. The second-order valence-corrected chi connectivity index (χ2v) is 6.85. The lowest BCUT2D eigenvalue weighted by atomic mass is 10.1. The molecule has 2 aromatic carbocycles. The standard InChI is InChI=1S/C24H21NO4/c1-17-5-10-22-19(15-28-23(22)12-17)13-24(26)29-14-18-6-8-21(9-7-18)27-16-20-4-2-3-11-25-20/h2-12,15H,13-14,16H2,1H3. The first-order chi connectivity index (χ1) is 14.2. The molecule has 5 heteroatoms. The van der Waals surface area contributed by atoms with Crippen molar-refractivity contribution >= 4 is 16.9 Å². The summed E-state index contributed by atoms with van der Waals surface area (Å²) in [7, 11) is 0. The lowest BCUT2D eigenvalue weighted by Gasteiger charge is -2.08. The van der Waals surface area contributed by atoms with Crippen molar-refractivity contribution in [1.82, 2.24) is 4.98 Å². The lowest BCUT2D eigenvalue weighted by Crippen LogP contribution is -2.07. The van der Waals surface area contributed by atoms with E-state index in [0.717, 1.165) is 39.1 Å². The quantitative estimate of drug-likeness (QED) is 0.418. The van der Waals surface area contributed by atoms with E-state index in [1.807, 2.05) is 67.6 Å². The average molecular weight is 387 g/mol. The summed E-state index contributed by atoms with van der Waals surface area (Å²) in [6, 6.07) is 19.1. The molecule has 0 radical (unpaired) electrons. The fourth-order valence-corrected chi connectivity index (χ4v) is 3.02. The number of hydrogen-bond acceptors (Lipinski definition) is 5. The number of aryl methyl sites for hydroxylation is 1. The van der Waals surface area contributed by atoms with Gasteiger partial charge in [0.2, 0.25) is 0 Å². The number of nitrogens with zero attached hydrogens (tertiary/aromatic N) is 1. The third-order valence-electron chi connectivity index (χ3n) is 4.58. The number of benzene rings is 2.